The van der Waals surface area contributed by atoms with Crippen molar-refractivity contribution in [2.45, 2.75) is 43.7 Å². The zero-order chi connectivity index (χ0) is 24.2. The maximum absolute atomic E-state index is 13.8. The van der Waals surface area contributed by atoms with E-state index < -0.39 is 0 Å². The highest BCUT2D eigenvalue weighted by Gasteiger charge is 2.38. The summed E-state index contributed by atoms with van der Waals surface area (Å²) in [6, 6.07) is 27.6. The molecule has 0 bridgehead atoms. The summed E-state index contributed by atoms with van der Waals surface area (Å²) in [7, 11) is 1.92. The number of carbonyl (C=O) groups is 1. The van der Waals surface area contributed by atoms with Crippen molar-refractivity contribution in [2.75, 3.05) is 33.2 Å². The smallest absolute Gasteiger partial charge is 0.272 e. The number of carbonyl (C=O) groups excluding carboxylic acids is 1. The third-order valence-electron chi connectivity index (χ3n) is 7.82. The molecule has 0 aliphatic carbocycles. The van der Waals surface area contributed by atoms with Crippen molar-refractivity contribution in [1.29, 1.82) is 0 Å². The molecule has 182 valence electrons. The van der Waals surface area contributed by atoms with Gasteiger partial charge in [0, 0.05) is 37.6 Å². The minimum Gasteiger partial charge on any atom is -0.332 e. The summed E-state index contributed by atoms with van der Waals surface area (Å²) in [5.41, 5.74) is 4.20. The zero-order valence-electron chi connectivity index (χ0n) is 20.8. The number of nitrogens with zero attached hydrogens (tertiary/aromatic N) is 3. The Morgan fingerprint density at radius 1 is 0.943 bits per heavy atom. The van der Waals surface area contributed by atoms with E-state index in [1.165, 1.54) is 17.5 Å². The normalized spacial score (nSPS) is 23.5. The molecule has 4 atom stereocenters. The third kappa shape index (κ3) is 5.31. The van der Waals surface area contributed by atoms with Crippen molar-refractivity contribution in [3.63, 3.8) is 0 Å². The van der Waals surface area contributed by atoms with Gasteiger partial charge in [0.2, 0.25) is 0 Å². The standard InChI is InChI=1S/C30H36N4O/c1-22(31-2)28-14-9-15-29(32-28)30(35)34-20-26(24-12-7-4-8-13-24)18-27(34)21-33-17-16-25(19-33)23-10-5-3-6-11-23/h3-15,22,25-27,31H,16-21H2,1-2H3/t22?,25-,26-,27-/m0/s1. The lowest BCUT2D eigenvalue weighted by molar-refractivity contribution is 0.0701. The van der Waals surface area contributed by atoms with Crippen LogP contribution in [0.3, 0.4) is 0 Å². The summed E-state index contributed by atoms with van der Waals surface area (Å²) in [6.45, 7) is 5.88. The lowest BCUT2D eigenvalue weighted by Gasteiger charge is -2.28. The van der Waals surface area contributed by atoms with E-state index in [9.17, 15) is 4.79 Å². The van der Waals surface area contributed by atoms with Crippen molar-refractivity contribution in [1.82, 2.24) is 20.1 Å². The lowest BCUT2D eigenvalue weighted by Crippen LogP contribution is -2.43. The Morgan fingerprint density at radius 3 is 2.31 bits per heavy atom. The van der Waals surface area contributed by atoms with Gasteiger partial charge in [-0.05, 0) is 62.5 Å². The monoisotopic (exact) mass is 468 g/mol. The summed E-state index contributed by atoms with van der Waals surface area (Å²) in [6.07, 6.45) is 2.17. The highest BCUT2D eigenvalue weighted by atomic mass is 16.2. The van der Waals surface area contributed by atoms with Crippen molar-refractivity contribution < 1.29 is 4.79 Å². The predicted octanol–water partition coefficient (Wildman–Crippen LogP) is 4.85. The number of benzene rings is 2. The molecule has 1 aromatic heterocycles. The van der Waals surface area contributed by atoms with Gasteiger partial charge in [0.15, 0.2) is 0 Å². The van der Waals surface area contributed by atoms with Crippen LogP contribution in [0.25, 0.3) is 0 Å². The number of hydrogen-bond donors (Lipinski definition) is 1. The number of rotatable bonds is 7. The fourth-order valence-electron chi connectivity index (χ4n) is 5.71. The van der Waals surface area contributed by atoms with Gasteiger partial charge >= 0.3 is 0 Å². The molecule has 0 radical (unpaired) electrons. The minimum absolute atomic E-state index is 0.0531. The molecule has 2 aliphatic rings. The quantitative estimate of drug-likeness (QED) is 0.539. The van der Waals surface area contributed by atoms with Crippen LogP contribution in [-0.4, -0.2) is 60.0 Å². The van der Waals surface area contributed by atoms with Crippen LogP contribution in [0.1, 0.15) is 65.0 Å². The second-order valence-corrected chi connectivity index (χ2v) is 10.1. The van der Waals surface area contributed by atoms with Gasteiger partial charge in [0.1, 0.15) is 5.69 Å². The Hall–Kier alpha value is -3.02. The molecule has 35 heavy (non-hydrogen) atoms. The Balaban J connectivity index is 1.35. The Labute approximate surface area is 209 Å². The number of hydrogen-bond acceptors (Lipinski definition) is 4. The molecule has 1 unspecified atom stereocenters. The van der Waals surface area contributed by atoms with E-state index in [0.717, 1.165) is 38.3 Å². The minimum atomic E-state index is 0.0531. The maximum Gasteiger partial charge on any atom is 0.272 e. The first-order valence-electron chi connectivity index (χ1n) is 12.9. The van der Waals surface area contributed by atoms with E-state index in [1.54, 1.807) is 0 Å². The van der Waals surface area contributed by atoms with E-state index in [1.807, 2.05) is 25.2 Å². The Kier molecular flexibility index (Phi) is 7.26. The number of likely N-dealkylation sites (tertiary alicyclic amines) is 2. The van der Waals surface area contributed by atoms with Crippen LogP contribution in [0.15, 0.2) is 78.9 Å². The van der Waals surface area contributed by atoms with E-state index in [-0.39, 0.29) is 18.0 Å². The first-order valence-corrected chi connectivity index (χ1v) is 12.9. The summed E-state index contributed by atoms with van der Waals surface area (Å²) in [5, 5.41) is 3.23. The Bertz CT molecular complexity index is 1120. The SMILES string of the molecule is CNC(C)c1cccc(C(=O)N2C[C@@H](c3ccccc3)C[C@H]2CN2CC[C@H](c3ccccc3)C2)n1. The third-order valence-corrected chi connectivity index (χ3v) is 7.82. The van der Waals surface area contributed by atoms with Crippen LogP contribution in [0.4, 0.5) is 0 Å². The largest absolute Gasteiger partial charge is 0.332 e. The molecule has 2 aromatic carbocycles. The summed E-state index contributed by atoms with van der Waals surface area (Å²) in [4.78, 5) is 23.2. The van der Waals surface area contributed by atoms with Gasteiger partial charge < -0.3 is 15.1 Å². The van der Waals surface area contributed by atoms with Crippen molar-refractivity contribution >= 4 is 5.91 Å². The molecule has 3 aromatic rings. The Morgan fingerprint density at radius 2 is 1.63 bits per heavy atom. The van der Waals surface area contributed by atoms with Crippen LogP contribution >= 0.6 is 0 Å². The van der Waals surface area contributed by atoms with Gasteiger partial charge in [-0.15, -0.1) is 0 Å². The molecule has 5 heteroatoms. The second kappa shape index (κ2) is 10.7. The van der Waals surface area contributed by atoms with Gasteiger partial charge in [-0.1, -0.05) is 66.7 Å². The summed E-state index contributed by atoms with van der Waals surface area (Å²) < 4.78 is 0. The highest BCUT2D eigenvalue weighted by Crippen LogP contribution is 2.35. The van der Waals surface area contributed by atoms with Crippen molar-refractivity contribution in [3.8, 4) is 0 Å². The average Bonchev–Trinajstić information content (AvgIpc) is 3.56. The van der Waals surface area contributed by atoms with Gasteiger partial charge in [0.25, 0.3) is 5.91 Å². The van der Waals surface area contributed by atoms with Crippen LogP contribution in [0.5, 0.6) is 0 Å². The second-order valence-electron chi connectivity index (χ2n) is 10.1. The van der Waals surface area contributed by atoms with Gasteiger partial charge in [0.05, 0.1) is 5.69 Å². The molecule has 3 heterocycles. The van der Waals surface area contributed by atoms with Gasteiger partial charge in [-0.2, -0.15) is 0 Å². The number of pyridine rings is 1. The molecule has 2 aliphatic heterocycles. The molecule has 1 N–H and O–H groups in total. The zero-order valence-corrected chi connectivity index (χ0v) is 20.8. The molecule has 0 saturated carbocycles. The predicted molar refractivity (Wildman–Crippen MR) is 141 cm³/mol. The van der Waals surface area contributed by atoms with Crippen LogP contribution < -0.4 is 5.32 Å². The first kappa shape index (κ1) is 23.7. The van der Waals surface area contributed by atoms with E-state index >= 15 is 0 Å². The molecule has 2 saturated heterocycles. The van der Waals surface area contributed by atoms with Crippen molar-refractivity contribution in [2.24, 2.45) is 0 Å². The molecule has 1 amide bonds. The molecular formula is C30H36N4O. The van der Waals surface area contributed by atoms with Gasteiger partial charge in [-0.25, -0.2) is 4.98 Å². The number of amides is 1. The molecule has 0 spiro atoms. The van der Waals surface area contributed by atoms with Crippen LogP contribution in [0, 0.1) is 0 Å². The summed E-state index contributed by atoms with van der Waals surface area (Å²) >= 11 is 0. The van der Waals surface area contributed by atoms with Crippen molar-refractivity contribution in [3.05, 3.63) is 101 Å². The van der Waals surface area contributed by atoms with Gasteiger partial charge in [-0.3, -0.25) is 4.79 Å². The fraction of sp³-hybridized carbons (Fsp3) is 0.400. The van der Waals surface area contributed by atoms with E-state index in [4.69, 9.17) is 4.98 Å². The van der Waals surface area contributed by atoms with E-state index in [2.05, 4.69) is 82.7 Å². The lowest BCUT2D eigenvalue weighted by atomic mass is 9.96. The molecule has 5 rings (SSSR count). The number of aromatic nitrogens is 1. The summed E-state index contributed by atoms with van der Waals surface area (Å²) in [5.74, 6) is 0.988. The van der Waals surface area contributed by atoms with E-state index in [0.29, 0.717) is 17.5 Å². The fourth-order valence-corrected chi connectivity index (χ4v) is 5.71. The number of nitrogens with one attached hydrogen (secondary N) is 1. The first-order chi connectivity index (χ1) is 17.1. The average molecular weight is 469 g/mol. The maximum atomic E-state index is 13.8. The highest BCUT2D eigenvalue weighted by molar-refractivity contribution is 5.93. The van der Waals surface area contributed by atoms with Crippen LogP contribution in [0.2, 0.25) is 0 Å². The molecule has 2 fully saturated rings. The molecular weight excluding hydrogens is 432 g/mol. The molecule has 5 nitrogen and oxygen atoms in total. The van der Waals surface area contributed by atoms with Crippen LogP contribution in [-0.2, 0) is 0 Å². The topological polar surface area (TPSA) is 48.5 Å².